The molecule has 164 valence electrons. The van der Waals surface area contributed by atoms with Crippen molar-refractivity contribution in [3.05, 3.63) is 40.8 Å². The fourth-order valence-electron chi connectivity index (χ4n) is 4.53. The summed E-state index contributed by atoms with van der Waals surface area (Å²) in [7, 11) is 0. The molecule has 1 atom stereocenters. The number of nitrogens with zero attached hydrogens (tertiary/aromatic N) is 6. The molecule has 2 N–H and O–H groups in total. The number of hydrogen-bond donors (Lipinski definition) is 2. The van der Waals surface area contributed by atoms with E-state index in [-0.39, 0.29) is 11.5 Å². The average molecular weight is 431 g/mol. The third-order valence-electron chi connectivity index (χ3n) is 6.24. The third kappa shape index (κ3) is 4.08. The molecule has 32 heavy (non-hydrogen) atoms. The van der Waals surface area contributed by atoms with Crippen molar-refractivity contribution in [3.8, 4) is 6.07 Å². The Morgan fingerprint density at radius 3 is 2.59 bits per heavy atom. The van der Waals surface area contributed by atoms with Gasteiger partial charge in [-0.25, -0.2) is 10.1 Å². The van der Waals surface area contributed by atoms with Crippen LogP contribution >= 0.6 is 0 Å². The Hall–Kier alpha value is -3.67. The number of anilines is 4. The summed E-state index contributed by atoms with van der Waals surface area (Å²) in [6.07, 6.45) is 7.10. The molecule has 0 aliphatic carbocycles. The Balaban J connectivity index is 1.47. The molecule has 9 nitrogen and oxygen atoms in total. The van der Waals surface area contributed by atoms with Gasteiger partial charge in [-0.3, -0.25) is 4.79 Å². The molecule has 0 amide bonds. The smallest absolute Gasteiger partial charge is 0.277 e. The number of piperidine rings is 2. The second-order valence-electron chi connectivity index (χ2n) is 8.47. The lowest BCUT2D eigenvalue weighted by atomic mass is 10.0. The normalized spacial score (nSPS) is 19.0. The van der Waals surface area contributed by atoms with Gasteiger partial charge in [-0.15, -0.1) is 0 Å². The molecule has 2 aromatic heterocycles. The van der Waals surface area contributed by atoms with Crippen LogP contribution in [0.3, 0.4) is 0 Å². The predicted octanol–water partition coefficient (Wildman–Crippen LogP) is 3.19. The summed E-state index contributed by atoms with van der Waals surface area (Å²) in [5, 5.41) is 19.4. The molecule has 2 aliphatic heterocycles. The monoisotopic (exact) mass is 430 g/mol. The summed E-state index contributed by atoms with van der Waals surface area (Å²) in [5.41, 5.74) is 2.20. The van der Waals surface area contributed by atoms with Gasteiger partial charge in [0.1, 0.15) is 16.7 Å². The molecule has 1 aromatic carbocycles. The zero-order chi connectivity index (χ0) is 21.9. The lowest BCUT2D eigenvalue weighted by molar-refractivity contribution is 0.488. The molecule has 0 radical (unpaired) electrons. The summed E-state index contributed by atoms with van der Waals surface area (Å²) in [6, 6.07) is 10.6. The molecule has 1 unspecified atom stereocenters. The lowest BCUT2D eigenvalue weighted by Crippen LogP contribution is -2.36. The Kier molecular flexibility index (Phi) is 5.58. The SMILES string of the molecule is N#CC1CCCN(c2nc(Nc3ccc(N4CCCCC4)cc3)c3c(=O)[nH]ncc3n2)C1. The molecule has 0 spiro atoms. The molecule has 5 rings (SSSR count). The highest BCUT2D eigenvalue weighted by molar-refractivity contribution is 5.90. The van der Waals surface area contributed by atoms with Crippen molar-refractivity contribution < 1.29 is 0 Å². The second kappa shape index (κ2) is 8.83. The number of fused-ring (bicyclic) bond motifs is 1. The molecule has 0 bridgehead atoms. The predicted molar refractivity (Wildman–Crippen MR) is 124 cm³/mol. The number of nitrogens with one attached hydrogen (secondary N) is 2. The van der Waals surface area contributed by atoms with Crippen LogP contribution in [0.4, 0.5) is 23.1 Å². The van der Waals surface area contributed by atoms with Gasteiger partial charge in [0, 0.05) is 37.6 Å². The zero-order valence-electron chi connectivity index (χ0n) is 17.9. The molecule has 2 aliphatic rings. The first-order chi connectivity index (χ1) is 15.7. The minimum atomic E-state index is -0.338. The molecule has 9 heteroatoms. The van der Waals surface area contributed by atoms with E-state index in [1.54, 1.807) is 0 Å². The van der Waals surface area contributed by atoms with Gasteiger partial charge in [0.2, 0.25) is 5.95 Å². The van der Waals surface area contributed by atoms with Crippen molar-refractivity contribution in [1.29, 1.82) is 5.26 Å². The fraction of sp³-hybridized carbons (Fsp3) is 0.435. The molecule has 2 fully saturated rings. The van der Waals surface area contributed by atoms with E-state index in [1.165, 1.54) is 31.1 Å². The second-order valence-corrected chi connectivity index (χ2v) is 8.47. The summed E-state index contributed by atoms with van der Waals surface area (Å²) in [5.74, 6) is 0.912. The number of hydrogen-bond acceptors (Lipinski definition) is 8. The molecular formula is C23H26N8O. The van der Waals surface area contributed by atoms with E-state index >= 15 is 0 Å². The number of aromatic amines is 1. The molecule has 3 aromatic rings. The van der Waals surface area contributed by atoms with Gasteiger partial charge in [0.25, 0.3) is 5.56 Å². The van der Waals surface area contributed by atoms with Gasteiger partial charge < -0.3 is 15.1 Å². The van der Waals surface area contributed by atoms with Crippen molar-refractivity contribution in [2.45, 2.75) is 32.1 Å². The highest BCUT2D eigenvalue weighted by atomic mass is 16.1. The van der Waals surface area contributed by atoms with Gasteiger partial charge in [0.05, 0.1) is 18.2 Å². The van der Waals surface area contributed by atoms with Crippen molar-refractivity contribution in [2.24, 2.45) is 5.92 Å². The van der Waals surface area contributed by atoms with Gasteiger partial charge >= 0.3 is 0 Å². The maximum atomic E-state index is 12.5. The van der Waals surface area contributed by atoms with E-state index in [4.69, 9.17) is 4.98 Å². The fourth-order valence-corrected chi connectivity index (χ4v) is 4.53. The maximum absolute atomic E-state index is 12.5. The van der Waals surface area contributed by atoms with Crippen molar-refractivity contribution in [1.82, 2.24) is 20.2 Å². The summed E-state index contributed by atoms with van der Waals surface area (Å²) in [6.45, 7) is 3.55. The van der Waals surface area contributed by atoms with Crippen LogP contribution in [0.1, 0.15) is 32.1 Å². The number of H-pyrrole nitrogens is 1. The standard InChI is InChI=1S/C23H26N8O/c24-13-16-5-4-12-31(15-16)23-27-19-14-25-29-22(32)20(19)21(28-23)26-17-6-8-18(9-7-17)30-10-2-1-3-11-30/h6-9,14,16H,1-5,10-12,15H2,(H,29,32)(H,26,27,28). The van der Waals surface area contributed by atoms with Gasteiger partial charge in [-0.05, 0) is 56.4 Å². The molecular weight excluding hydrogens is 404 g/mol. The Morgan fingerprint density at radius 1 is 1.03 bits per heavy atom. The third-order valence-corrected chi connectivity index (χ3v) is 6.24. The number of nitriles is 1. The van der Waals surface area contributed by atoms with Crippen LogP contribution in [0.25, 0.3) is 10.9 Å². The van der Waals surface area contributed by atoms with Crippen LogP contribution in [-0.4, -0.2) is 46.3 Å². The quantitative estimate of drug-likeness (QED) is 0.649. The van der Waals surface area contributed by atoms with E-state index < -0.39 is 0 Å². The van der Waals surface area contributed by atoms with Crippen LogP contribution < -0.4 is 20.7 Å². The molecule has 2 saturated heterocycles. The first-order valence-electron chi connectivity index (χ1n) is 11.2. The Bertz CT molecular complexity index is 1190. The first-order valence-corrected chi connectivity index (χ1v) is 11.2. The number of aromatic nitrogens is 4. The zero-order valence-corrected chi connectivity index (χ0v) is 17.9. The minimum absolute atomic E-state index is 0.0425. The Labute approximate surface area is 186 Å². The summed E-state index contributed by atoms with van der Waals surface area (Å²) in [4.78, 5) is 26.2. The van der Waals surface area contributed by atoms with E-state index in [0.717, 1.165) is 38.2 Å². The van der Waals surface area contributed by atoms with Gasteiger partial charge in [-0.1, -0.05) is 0 Å². The van der Waals surface area contributed by atoms with E-state index in [0.29, 0.717) is 29.2 Å². The largest absolute Gasteiger partial charge is 0.372 e. The van der Waals surface area contributed by atoms with Crippen LogP contribution in [-0.2, 0) is 0 Å². The van der Waals surface area contributed by atoms with Crippen LogP contribution in [0.5, 0.6) is 0 Å². The summed E-state index contributed by atoms with van der Waals surface area (Å²) >= 11 is 0. The minimum Gasteiger partial charge on any atom is -0.372 e. The lowest BCUT2D eigenvalue weighted by Gasteiger charge is -2.30. The van der Waals surface area contributed by atoms with Crippen LogP contribution in [0, 0.1) is 17.2 Å². The maximum Gasteiger partial charge on any atom is 0.277 e. The first kappa shape index (κ1) is 20.2. The van der Waals surface area contributed by atoms with Gasteiger partial charge in [-0.2, -0.15) is 15.3 Å². The summed E-state index contributed by atoms with van der Waals surface area (Å²) < 4.78 is 0. The van der Waals surface area contributed by atoms with Crippen molar-refractivity contribution in [3.63, 3.8) is 0 Å². The molecule has 4 heterocycles. The Morgan fingerprint density at radius 2 is 1.81 bits per heavy atom. The van der Waals surface area contributed by atoms with E-state index in [9.17, 15) is 10.1 Å². The topological polar surface area (TPSA) is 114 Å². The number of rotatable bonds is 4. The molecule has 0 saturated carbocycles. The highest BCUT2D eigenvalue weighted by Crippen LogP contribution is 2.28. The van der Waals surface area contributed by atoms with Crippen molar-refractivity contribution >= 4 is 34.0 Å². The van der Waals surface area contributed by atoms with Crippen molar-refractivity contribution in [2.75, 3.05) is 41.3 Å². The van der Waals surface area contributed by atoms with Crippen LogP contribution in [0.2, 0.25) is 0 Å². The van der Waals surface area contributed by atoms with Crippen LogP contribution in [0.15, 0.2) is 35.3 Å². The number of benzene rings is 1. The highest BCUT2D eigenvalue weighted by Gasteiger charge is 2.23. The van der Waals surface area contributed by atoms with E-state index in [1.807, 2.05) is 17.0 Å². The van der Waals surface area contributed by atoms with E-state index in [2.05, 4.69) is 43.6 Å². The van der Waals surface area contributed by atoms with Gasteiger partial charge in [0.15, 0.2) is 0 Å². The average Bonchev–Trinajstić information content (AvgIpc) is 2.85.